The molecule has 2 aliphatic heterocycles. The summed E-state index contributed by atoms with van der Waals surface area (Å²) in [5.74, 6) is 0.408. The van der Waals surface area contributed by atoms with Crippen LogP contribution in [-0.2, 0) is 17.8 Å². The second-order valence-electron chi connectivity index (χ2n) is 7.25. The lowest BCUT2D eigenvalue weighted by Gasteiger charge is -2.39. The third kappa shape index (κ3) is 2.42. The van der Waals surface area contributed by atoms with Crippen LogP contribution in [0.15, 0.2) is 54.6 Å². The fourth-order valence-electron chi connectivity index (χ4n) is 4.64. The zero-order valence-electron chi connectivity index (χ0n) is 14.3. The minimum Gasteiger partial charge on any atom is -0.338 e. The van der Waals surface area contributed by atoms with Crippen molar-refractivity contribution in [3.05, 3.63) is 71.4 Å². The molecule has 3 nitrogen and oxygen atoms in total. The van der Waals surface area contributed by atoms with Crippen molar-refractivity contribution < 1.29 is 4.79 Å². The highest BCUT2D eigenvalue weighted by Gasteiger charge is 2.36. The number of nitrogens with zero attached hydrogens (tertiary/aromatic N) is 2. The Hall–Kier alpha value is -2.39. The van der Waals surface area contributed by atoms with Crippen molar-refractivity contribution in [3.63, 3.8) is 0 Å². The number of fused-ring (bicyclic) bond motifs is 5. The van der Waals surface area contributed by atoms with Gasteiger partial charge in [-0.05, 0) is 23.6 Å². The number of hydrogen-bond donors (Lipinski definition) is 0. The molecule has 0 aliphatic carbocycles. The van der Waals surface area contributed by atoms with E-state index in [4.69, 9.17) is 0 Å². The number of aromatic nitrogens is 1. The number of Topliss-reactive ketones (excluding diaryl/α,β-unsaturated/α-hetero) is 1. The van der Waals surface area contributed by atoms with Crippen molar-refractivity contribution in [1.82, 2.24) is 9.47 Å². The first-order chi connectivity index (χ1) is 12.3. The minimum absolute atomic E-state index is 0.251. The van der Waals surface area contributed by atoms with Crippen molar-refractivity contribution >= 4 is 16.7 Å². The molecular formula is C22H22N2O. The Morgan fingerprint density at radius 1 is 0.920 bits per heavy atom. The molecule has 25 heavy (non-hydrogen) atoms. The second-order valence-corrected chi connectivity index (χ2v) is 7.25. The molecule has 1 fully saturated rings. The maximum absolute atomic E-state index is 12.2. The molecule has 0 N–H and O–H groups in total. The largest absolute Gasteiger partial charge is 0.338 e. The van der Waals surface area contributed by atoms with Gasteiger partial charge in [0.05, 0.1) is 6.04 Å². The van der Waals surface area contributed by atoms with E-state index in [2.05, 4.69) is 64.1 Å². The summed E-state index contributed by atoms with van der Waals surface area (Å²) in [4.78, 5) is 14.7. The summed E-state index contributed by atoms with van der Waals surface area (Å²) in [6.07, 6.45) is 2.46. The predicted octanol–water partition coefficient (Wildman–Crippen LogP) is 3.95. The first-order valence-corrected chi connectivity index (χ1v) is 9.21. The van der Waals surface area contributed by atoms with Crippen LogP contribution in [0.25, 0.3) is 10.9 Å². The summed E-state index contributed by atoms with van der Waals surface area (Å²) in [6.45, 7) is 2.86. The van der Waals surface area contributed by atoms with Crippen molar-refractivity contribution in [2.24, 2.45) is 0 Å². The summed E-state index contributed by atoms with van der Waals surface area (Å²) >= 11 is 0. The van der Waals surface area contributed by atoms with Crippen molar-refractivity contribution in [2.45, 2.75) is 31.8 Å². The SMILES string of the molecule is O=C1CCN2CCc3c(n(Cc4ccccc4)c4ccccc34)C2C1. The number of carbonyl (C=O) groups is 1. The molecule has 1 saturated heterocycles. The lowest BCUT2D eigenvalue weighted by atomic mass is 9.90. The first kappa shape index (κ1) is 14.9. The number of carbonyl (C=O) groups excluding carboxylic acids is 1. The maximum atomic E-state index is 12.2. The molecule has 0 radical (unpaired) electrons. The highest BCUT2D eigenvalue weighted by atomic mass is 16.1. The molecule has 2 aliphatic rings. The van der Waals surface area contributed by atoms with Crippen molar-refractivity contribution in [3.8, 4) is 0 Å². The van der Waals surface area contributed by atoms with Gasteiger partial charge in [0.15, 0.2) is 0 Å². The molecule has 5 rings (SSSR count). The maximum Gasteiger partial charge on any atom is 0.136 e. The van der Waals surface area contributed by atoms with Crippen molar-refractivity contribution in [2.75, 3.05) is 13.1 Å². The van der Waals surface area contributed by atoms with Gasteiger partial charge >= 0.3 is 0 Å². The molecule has 0 saturated carbocycles. The number of ketones is 1. The van der Waals surface area contributed by atoms with Crippen LogP contribution in [0.2, 0.25) is 0 Å². The first-order valence-electron chi connectivity index (χ1n) is 9.21. The molecule has 126 valence electrons. The summed E-state index contributed by atoms with van der Waals surface area (Å²) in [5, 5.41) is 1.37. The predicted molar refractivity (Wildman–Crippen MR) is 99.7 cm³/mol. The smallest absolute Gasteiger partial charge is 0.136 e. The molecule has 3 heterocycles. The highest BCUT2D eigenvalue weighted by molar-refractivity contribution is 5.87. The fourth-order valence-corrected chi connectivity index (χ4v) is 4.64. The topological polar surface area (TPSA) is 25.2 Å². The van der Waals surface area contributed by atoms with Crippen LogP contribution in [0.4, 0.5) is 0 Å². The summed E-state index contributed by atoms with van der Waals surface area (Å²) < 4.78 is 2.47. The van der Waals surface area contributed by atoms with E-state index >= 15 is 0 Å². The van der Waals surface area contributed by atoms with Gasteiger partial charge in [-0.2, -0.15) is 0 Å². The third-order valence-corrected chi connectivity index (χ3v) is 5.81. The Bertz CT molecular complexity index is 941. The Morgan fingerprint density at radius 3 is 2.56 bits per heavy atom. The Labute approximate surface area is 147 Å². The van der Waals surface area contributed by atoms with Crippen LogP contribution in [0.3, 0.4) is 0 Å². The monoisotopic (exact) mass is 330 g/mol. The number of para-hydroxylation sites is 1. The molecule has 3 heteroatoms. The van der Waals surface area contributed by atoms with E-state index in [-0.39, 0.29) is 6.04 Å². The van der Waals surface area contributed by atoms with Gasteiger partial charge in [-0.15, -0.1) is 0 Å². The molecule has 0 spiro atoms. The van der Waals surface area contributed by atoms with E-state index in [9.17, 15) is 4.79 Å². The molecule has 1 atom stereocenters. The average Bonchev–Trinajstić information content (AvgIpc) is 2.97. The molecule has 1 unspecified atom stereocenters. The van der Waals surface area contributed by atoms with Gasteiger partial charge in [-0.1, -0.05) is 48.5 Å². The number of piperidine rings is 1. The van der Waals surface area contributed by atoms with Crippen molar-refractivity contribution in [1.29, 1.82) is 0 Å². The fraction of sp³-hybridized carbons (Fsp3) is 0.318. The van der Waals surface area contributed by atoms with Gasteiger partial charge in [0, 0.05) is 49.1 Å². The standard InChI is InChI=1S/C22H22N2O/c25-17-10-12-23-13-11-19-18-8-4-5-9-20(18)24(22(19)21(23)14-17)15-16-6-2-1-3-7-16/h1-9,21H,10-15H2. The summed E-state index contributed by atoms with van der Waals surface area (Å²) in [6, 6.07) is 19.6. The second kappa shape index (κ2) is 5.85. The van der Waals surface area contributed by atoms with Crippen LogP contribution < -0.4 is 0 Å². The van der Waals surface area contributed by atoms with Gasteiger partial charge in [0.1, 0.15) is 5.78 Å². The Kier molecular flexibility index (Phi) is 3.49. The summed E-state index contributed by atoms with van der Waals surface area (Å²) in [5.41, 5.74) is 5.45. The van der Waals surface area contributed by atoms with E-state index in [1.54, 1.807) is 0 Å². The average molecular weight is 330 g/mol. The zero-order chi connectivity index (χ0) is 16.8. The van der Waals surface area contributed by atoms with Gasteiger partial charge < -0.3 is 4.57 Å². The molecule has 0 amide bonds. The highest BCUT2D eigenvalue weighted by Crippen LogP contribution is 2.40. The van der Waals surface area contributed by atoms with E-state index < -0.39 is 0 Å². The van der Waals surface area contributed by atoms with E-state index in [0.29, 0.717) is 18.6 Å². The molecule has 3 aromatic rings. The van der Waals surface area contributed by atoms with Gasteiger partial charge in [0.2, 0.25) is 0 Å². The molecule has 1 aromatic heterocycles. The lowest BCUT2D eigenvalue weighted by molar-refractivity contribution is -0.123. The number of hydrogen-bond acceptors (Lipinski definition) is 2. The van der Waals surface area contributed by atoms with E-state index in [1.807, 2.05) is 0 Å². The third-order valence-electron chi connectivity index (χ3n) is 5.81. The number of benzene rings is 2. The molecule has 2 aromatic carbocycles. The molecular weight excluding hydrogens is 308 g/mol. The van der Waals surface area contributed by atoms with Gasteiger partial charge in [0.25, 0.3) is 0 Å². The van der Waals surface area contributed by atoms with Gasteiger partial charge in [-0.3, -0.25) is 9.69 Å². The van der Waals surface area contributed by atoms with E-state index in [1.165, 1.54) is 27.7 Å². The minimum atomic E-state index is 0.251. The quantitative estimate of drug-likeness (QED) is 0.711. The zero-order valence-corrected chi connectivity index (χ0v) is 14.3. The number of rotatable bonds is 2. The van der Waals surface area contributed by atoms with Gasteiger partial charge in [-0.25, -0.2) is 0 Å². The summed E-state index contributed by atoms with van der Waals surface area (Å²) in [7, 11) is 0. The van der Waals surface area contributed by atoms with Crippen LogP contribution in [0.1, 0.15) is 35.7 Å². The molecule has 0 bridgehead atoms. The lowest BCUT2D eigenvalue weighted by Crippen LogP contribution is -2.42. The van der Waals surface area contributed by atoms with Crippen LogP contribution in [0, 0.1) is 0 Å². The Balaban J connectivity index is 1.70. The van der Waals surface area contributed by atoms with Crippen LogP contribution >= 0.6 is 0 Å². The van der Waals surface area contributed by atoms with E-state index in [0.717, 1.165) is 26.1 Å². The Morgan fingerprint density at radius 2 is 1.68 bits per heavy atom. The normalized spacial score (nSPS) is 20.5. The van der Waals surface area contributed by atoms with Crippen LogP contribution in [-0.4, -0.2) is 28.3 Å². The van der Waals surface area contributed by atoms with Crippen LogP contribution in [0.5, 0.6) is 0 Å².